The zero-order valence-electron chi connectivity index (χ0n) is 20.0. The number of para-hydroxylation sites is 2. The molecule has 1 fully saturated rings. The summed E-state index contributed by atoms with van der Waals surface area (Å²) >= 11 is 12.8. The van der Waals surface area contributed by atoms with Gasteiger partial charge in [-0.3, -0.25) is 14.5 Å². The van der Waals surface area contributed by atoms with Gasteiger partial charge in [0.15, 0.2) is 11.5 Å². The van der Waals surface area contributed by atoms with Gasteiger partial charge in [0.2, 0.25) is 0 Å². The maximum absolute atomic E-state index is 13.5. The molecule has 1 heterocycles. The molecule has 1 aliphatic rings. The first-order chi connectivity index (χ1) is 17.2. The van der Waals surface area contributed by atoms with Gasteiger partial charge in [0.1, 0.15) is 16.5 Å². The zero-order valence-corrected chi connectivity index (χ0v) is 21.5. The van der Waals surface area contributed by atoms with E-state index in [-0.39, 0.29) is 32.7 Å². The molecule has 1 amide bonds. The Morgan fingerprint density at radius 2 is 1.61 bits per heavy atom. The summed E-state index contributed by atoms with van der Waals surface area (Å²) in [4.78, 5) is 28.3. The molecule has 3 aromatic carbocycles. The molecule has 0 radical (unpaired) electrons. The molecule has 0 aromatic heterocycles. The lowest BCUT2D eigenvalue weighted by Crippen LogP contribution is -2.29. The van der Waals surface area contributed by atoms with Crippen LogP contribution in [0.4, 0.5) is 5.69 Å². The average molecular weight is 528 g/mol. The fourth-order valence-electron chi connectivity index (χ4n) is 4.36. The zero-order chi connectivity index (χ0) is 26.1. The minimum atomic E-state index is -0.967. The number of aliphatic hydroxyl groups is 1. The van der Waals surface area contributed by atoms with Crippen LogP contribution >= 0.6 is 23.2 Å². The number of anilines is 1. The highest BCUT2D eigenvalue weighted by molar-refractivity contribution is 6.52. The van der Waals surface area contributed by atoms with Gasteiger partial charge in [-0.25, -0.2) is 0 Å². The number of methoxy groups -OCH3 is 3. The maximum atomic E-state index is 13.5. The van der Waals surface area contributed by atoms with Crippen molar-refractivity contribution in [2.24, 2.45) is 0 Å². The molecule has 0 aliphatic carbocycles. The number of benzene rings is 3. The number of carbonyl (C=O) groups excluding carboxylic acids is 2. The highest BCUT2D eigenvalue weighted by Gasteiger charge is 2.48. The number of aliphatic hydroxyl groups excluding tert-OH is 1. The molecule has 9 heteroatoms. The molecule has 3 aromatic rings. The molecular formula is C27H23Cl2NO6. The second-order valence-electron chi connectivity index (χ2n) is 8.04. The van der Waals surface area contributed by atoms with Crippen LogP contribution in [-0.2, 0) is 9.59 Å². The monoisotopic (exact) mass is 527 g/mol. The lowest BCUT2D eigenvalue weighted by Gasteiger charge is -2.27. The lowest BCUT2D eigenvalue weighted by atomic mass is 9.94. The summed E-state index contributed by atoms with van der Waals surface area (Å²) in [5, 5.41) is 11.6. The summed E-state index contributed by atoms with van der Waals surface area (Å²) in [7, 11) is 4.22. The van der Waals surface area contributed by atoms with Crippen LogP contribution in [0.1, 0.15) is 22.7 Å². The molecule has 1 N–H and O–H groups in total. The largest absolute Gasteiger partial charge is 0.507 e. The summed E-state index contributed by atoms with van der Waals surface area (Å²) in [6.45, 7) is 1.89. The molecule has 0 bridgehead atoms. The van der Waals surface area contributed by atoms with Crippen LogP contribution in [0.25, 0.3) is 5.76 Å². The van der Waals surface area contributed by atoms with E-state index >= 15 is 0 Å². The Labute approximate surface area is 218 Å². The quantitative estimate of drug-likeness (QED) is 0.242. The van der Waals surface area contributed by atoms with Crippen molar-refractivity contribution in [3.8, 4) is 17.2 Å². The molecular weight excluding hydrogens is 505 g/mol. The Bertz CT molecular complexity index is 1400. The van der Waals surface area contributed by atoms with Gasteiger partial charge in [-0.05, 0) is 30.7 Å². The minimum Gasteiger partial charge on any atom is -0.507 e. The van der Waals surface area contributed by atoms with Crippen molar-refractivity contribution < 1.29 is 28.9 Å². The molecule has 1 aliphatic heterocycles. The molecule has 0 saturated carbocycles. The fraction of sp³-hybridized carbons (Fsp3) is 0.185. The van der Waals surface area contributed by atoms with Crippen LogP contribution in [0, 0.1) is 6.92 Å². The second kappa shape index (κ2) is 10.1. The first-order valence-electron chi connectivity index (χ1n) is 10.9. The number of carbonyl (C=O) groups is 2. The third kappa shape index (κ3) is 4.14. The maximum Gasteiger partial charge on any atom is 0.300 e. The molecule has 1 unspecified atom stereocenters. The number of halogens is 2. The predicted molar refractivity (Wildman–Crippen MR) is 139 cm³/mol. The van der Waals surface area contributed by atoms with Crippen LogP contribution in [0.2, 0.25) is 10.0 Å². The Kier molecular flexibility index (Phi) is 7.15. The summed E-state index contributed by atoms with van der Waals surface area (Å²) in [5.74, 6) is -1.60. The third-order valence-electron chi connectivity index (χ3n) is 5.94. The topological polar surface area (TPSA) is 85.3 Å². The van der Waals surface area contributed by atoms with Gasteiger partial charge >= 0.3 is 0 Å². The number of ether oxygens (including phenoxy) is 3. The van der Waals surface area contributed by atoms with Gasteiger partial charge in [0.25, 0.3) is 11.7 Å². The van der Waals surface area contributed by atoms with Gasteiger partial charge < -0.3 is 19.3 Å². The van der Waals surface area contributed by atoms with E-state index in [1.807, 2.05) is 25.1 Å². The molecule has 0 spiro atoms. The van der Waals surface area contributed by atoms with E-state index in [1.54, 1.807) is 30.3 Å². The average Bonchev–Trinajstić information content (AvgIpc) is 3.13. The van der Waals surface area contributed by atoms with Crippen molar-refractivity contribution in [3.63, 3.8) is 0 Å². The number of aryl methyl sites for hydroxylation is 1. The van der Waals surface area contributed by atoms with E-state index in [0.717, 1.165) is 5.56 Å². The van der Waals surface area contributed by atoms with E-state index in [0.29, 0.717) is 17.0 Å². The smallest absolute Gasteiger partial charge is 0.300 e. The molecule has 36 heavy (non-hydrogen) atoms. The standard InChI is InChI=1S/C27H23Cl2NO6/c1-14-8-7-9-15(12-14)22-20(23(31)16-13-17(28)26(36-4)21(29)25(16)35-3)24(32)27(33)30(22)18-10-5-6-11-19(18)34-2/h5-13,22,31H,1-4H3/b23-20+. The number of rotatable bonds is 6. The summed E-state index contributed by atoms with van der Waals surface area (Å²) in [6, 6.07) is 14.6. The fourth-order valence-corrected chi connectivity index (χ4v) is 5.04. The van der Waals surface area contributed by atoms with Crippen molar-refractivity contribution in [1.82, 2.24) is 0 Å². The van der Waals surface area contributed by atoms with E-state index in [9.17, 15) is 14.7 Å². The van der Waals surface area contributed by atoms with Crippen LogP contribution in [0.3, 0.4) is 0 Å². The van der Waals surface area contributed by atoms with Crippen molar-refractivity contribution in [2.45, 2.75) is 13.0 Å². The van der Waals surface area contributed by atoms with Crippen LogP contribution in [0.15, 0.2) is 60.2 Å². The van der Waals surface area contributed by atoms with E-state index in [4.69, 9.17) is 37.4 Å². The first kappa shape index (κ1) is 25.4. The molecule has 1 atom stereocenters. The number of nitrogens with zero attached hydrogens (tertiary/aromatic N) is 1. The predicted octanol–water partition coefficient (Wildman–Crippen LogP) is 5.95. The third-order valence-corrected chi connectivity index (χ3v) is 6.57. The van der Waals surface area contributed by atoms with E-state index in [1.165, 1.54) is 32.3 Å². The highest BCUT2D eigenvalue weighted by atomic mass is 35.5. The SMILES string of the molecule is COc1ccccc1N1C(=O)C(=O)/C(=C(/O)c2cc(Cl)c(OC)c(Cl)c2OC)C1c1cccc(C)c1. The molecule has 186 valence electrons. The van der Waals surface area contributed by atoms with Gasteiger partial charge in [-0.1, -0.05) is 65.2 Å². The van der Waals surface area contributed by atoms with Gasteiger partial charge in [-0.2, -0.15) is 0 Å². The van der Waals surface area contributed by atoms with Gasteiger partial charge in [0.05, 0.1) is 49.2 Å². The second-order valence-corrected chi connectivity index (χ2v) is 8.83. The van der Waals surface area contributed by atoms with Gasteiger partial charge in [-0.15, -0.1) is 0 Å². The number of amides is 1. The highest BCUT2D eigenvalue weighted by Crippen LogP contribution is 2.49. The van der Waals surface area contributed by atoms with Crippen molar-refractivity contribution >= 4 is 46.3 Å². The van der Waals surface area contributed by atoms with E-state index in [2.05, 4.69) is 0 Å². The van der Waals surface area contributed by atoms with Crippen LogP contribution < -0.4 is 19.1 Å². The molecule has 7 nitrogen and oxygen atoms in total. The summed E-state index contributed by atoms with van der Waals surface area (Å²) in [6.07, 6.45) is 0. The molecule has 1 saturated heterocycles. The van der Waals surface area contributed by atoms with Crippen molar-refractivity contribution in [1.29, 1.82) is 0 Å². The van der Waals surface area contributed by atoms with E-state index < -0.39 is 23.5 Å². The van der Waals surface area contributed by atoms with Crippen molar-refractivity contribution in [2.75, 3.05) is 26.2 Å². The number of Topliss-reactive ketones (excluding diaryl/α,β-unsaturated/α-hetero) is 1. The first-order valence-corrected chi connectivity index (χ1v) is 11.6. The Hall–Kier alpha value is -3.68. The van der Waals surface area contributed by atoms with Crippen molar-refractivity contribution in [3.05, 3.63) is 86.9 Å². The summed E-state index contributed by atoms with van der Waals surface area (Å²) in [5.41, 5.74) is 1.80. The number of hydrogen-bond donors (Lipinski definition) is 1. The lowest BCUT2D eigenvalue weighted by molar-refractivity contribution is -0.132. The Morgan fingerprint density at radius 1 is 0.917 bits per heavy atom. The van der Waals surface area contributed by atoms with Gasteiger partial charge in [0, 0.05) is 0 Å². The number of ketones is 1. The minimum absolute atomic E-state index is 0.0140. The molecule has 4 rings (SSSR count). The van der Waals surface area contributed by atoms with Crippen LogP contribution in [0.5, 0.6) is 17.2 Å². The number of hydrogen-bond acceptors (Lipinski definition) is 6. The Morgan fingerprint density at radius 3 is 2.25 bits per heavy atom. The normalized spacial score (nSPS) is 16.8. The van der Waals surface area contributed by atoms with Crippen LogP contribution in [-0.4, -0.2) is 38.1 Å². The summed E-state index contributed by atoms with van der Waals surface area (Å²) < 4.78 is 16.1. The Balaban J connectivity index is 2.05.